The predicted octanol–water partition coefficient (Wildman–Crippen LogP) is -0.131. The lowest BCUT2D eigenvalue weighted by Gasteiger charge is -2.34. The topological polar surface area (TPSA) is 90.0 Å². The number of rotatable bonds is 7. The Bertz CT molecular complexity index is 836. The molecule has 10 heteroatoms. The van der Waals surface area contributed by atoms with Crippen molar-refractivity contribution in [3.8, 4) is 0 Å². The fraction of sp³-hybridized carbons (Fsp3) is 0.556. The Labute approximate surface area is 164 Å². The molecular formula is C18H25FN4O4S. The number of carbonyl (C=O) groups is 2. The second-order valence-corrected chi connectivity index (χ2v) is 9.19. The third kappa shape index (κ3) is 5.27. The summed E-state index contributed by atoms with van der Waals surface area (Å²) in [4.78, 5) is 27.4. The first-order valence-electron chi connectivity index (χ1n) is 9.27. The molecule has 8 nitrogen and oxygen atoms in total. The predicted molar refractivity (Wildman–Crippen MR) is 100 cm³/mol. The Hall–Kier alpha value is -2.04. The van der Waals surface area contributed by atoms with Gasteiger partial charge >= 0.3 is 0 Å². The molecule has 2 amide bonds. The van der Waals surface area contributed by atoms with E-state index in [9.17, 15) is 22.4 Å². The highest BCUT2D eigenvalue weighted by Crippen LogP contribution is 2.19. The second-order valence-electron chi connectivity index (χ2n) is 7.26. The molecule has 1 N–H and O–H groups in total. The molecule has 1 saturated heterocycles. The van der Waals surface area contributed by atoms with Gasteiger partial charge < -0.3 is 10.2 Å². The molecule has 1 heterocycles. The van der Waals surface area contributed by atoms with Crippen LogP contribution in [-0.4, -0.2) is 86.7 Å². The van der Waals surface area contributed by atoms with Gasteiger partial charge in [0.15, 0.2) is 0 Å². The van der Waals surface area contributed by atoms with Crippen molar-refractivity contribution < 1.29 is 22.4 Å². The first kappa shape index (κ1) is 20.7. The summed E-state index contributed by atoms with van der Waals surface area (Å²) in [6.45, 7) is 1.06. The van der Waals surface area contributed by atoms with Crippen LogP contribution in [0.25, 0.3) is 0 Å². The lowest BCUT2D eigenvalue weighted by atomic mass is 10.3. The molecule has 3 rings (SSSR count). The van der Waals surface area contributed by atoms with Crippen LogP contribution in [0.15, 0.2) is 29.2 Å². The van der Waals surface area contributed by atoms with Crippen molar-refractivity contribution in [2.24, 2.45) is 0 Å². The van der Waals surface area contributed by atoms with Crippen LogP contribution in [-0.2, 0) is 19.6 Å². The summed E-state index contributed by atoms with van der Waals surface area (Å²) < 4.78 is 39.8. The molecule has 2 fully saturated rings. The van der Waals surface area contributed by atoms with E-state index in [1.165, 1.54) is 22.5 Å². The molecule has 2 aliphatic rings. The zero-order chi connectivity index (χ0) is 20.3. The quantitative estimate of drug-likeness (QED) is 0.674. The Morgan fingerprint density at radius 3 is 2.46 bits per heavy atom. The first-order chi connectivity index (χ1) is 13.3. The van der Waals surface area contributed by atoms with E-state index in [4.69, 9.17) is 0 Å². The van der Waals surface area contributed by atoms with Gasteiger partial charge in [0.05, 0.1) is 18.0 Å². The molecule has 1 aliphatic heterocycles. The highest BCUT2D eigenvalue weighted by Gasteiger charge is 2.31. The van der Waals surface area contributed by atoms with Crippen molar-refractivity contribution in [2.75, 3.05) is 46.3 Å². The van der Waals surface area contributed by atoms with Crippen LogP contribution in [0.4, 0.5) is 4.39 Å². The number of likely N-dealkylation sites (N-methyl/N-ethyl adjacent to an activating group) is 1. The first-order valence-corrected chi connectivity index (χ1v) is 10.7. The van der Waals surface area contributed by atoms with Gasteiger partial charge in [0.1, 0.15) is 5.82 Å². The standard InChI is InChI=1S/C18H25FN4O4S/c1-21(12-17(24)20-15-5-6-15)13-18(25)22-7-9-23(10-8-22)28(26,27)16-4-2-3-14(19)11-16/h2-4,11,15H,5-10,12-13H2,1H3,(H,20,24). The van der Waals surface area contributed by atoms with Gasteiger partial charge in [-0.3, -0.25) is 14.5 Å². The molecule has 1 aromatic carbocycles. The minimum atomic E-state index is -3.79. The van der Waals surface area contributed by atoms with Crippen molar-refractivity contribution in [1.29, 1.82) is 0 Å². The number of nitrogens with one attached hydrogen (secondary N) is 1. The lowest BCUT2D eigenvalue weighted by Crippen LogP contribution is -2.52. The highest BCUT2D eigenvalue weighted by atomic mass is 32.2. The van der Waals surface area contributed by atoms with E-state index in [0.29, 0.717) is 0 Å². The lowest BCUT2D eigenvalue weighted by molar-refractivity contribution is -0.133. The van der Waals surface area contributed by atoms with Crippen LogP contribution in [0.2, 0.25) is 0 Å². The summed E-state index contributed by atoms with van der Waals surface area (Å²) in [5.41, 5.74) is 0. The summed E-state index contributed by atoms with van der Waals surface area (Å²) in [7, 11) is -2.08. The Kier molecular flexibility index (Phi) is 6.31. The van der Waals surface area contributed by atoms with E-state index in [0.717, 1.165) is 18.9 Å². The van der Waals surface area contributed by atoms with Crippen molar-refractivity contribution in [3.05, 3.63) is 30.1 Å². The number of benzene rings is 1. The van der Waals surface area contributed by atoms with Gasteiger partial charge in [0, 0.05) is 32.2 Å². The SMILES string of the molecule is CN(CC(=O)NC1CC1)CC(=O)N1CCN(S(=O)(=O)c2cccc(F)c2)CC1. The molecule has 1 aliphatic carbocycles. The van der Waals surface area contributed by atoms with Gasteiger partial charge in [-0.1, -0.05) is 6.07 Å². The molecule has 1 saturated carbocycles. The molecule has 0 aromatic heterocycles. The third-order valence-electron chi connectivity index (χ3n) is 4.79. The second kappa shape index (κ2) is 8.54. The summed E-state index contributed by atoms with van der Waals surface area (Å²) in [6, 6.07) is 5.19. The molecule has 0 radical (unpaired) electrons. The molecule has 1 aromatic rings. The van der Waals surface area contributed by atoms with Crippen LogP contribution in [0.1, 0.15) is 12.8 Å². The Morgan fingerprint density at radius 2 is 1.86 bits per heavy atom. The molecule has 0 bridgehead atoms. The average Bonchev–Trinajstić information content (AvgIpc) is 3.45. The van der Waals surface area contributed by atoms with Crippen LogP contribution < -0.4 is 5.32 Å². The summed E-state index contributed by atoms with van der Waals surface area (Å²) in [5, 5.41) is 2.87. The van der Waals surface area contributed by atoms with Gasteiger partial charge in [-0.05, 0) is 38.1 Å². The number of hydrogen-bond acceptors (Lipinski definition) is 5. The number of halogens is 1. The molecule has 154 valence electrons. The maximum absolute atomic E-state index is 13.3. The molecule has 0 spiro atoms. The van der Waals surface area contributed by atoms with E-state index in [2.05, 4.69) is 5.32 Å². The molecular weight excluding hydrogens is 387 g/mol. The normalized spacial score (nSPS) is 18.3. The van der Waals surface area contributed by atoms with E-state index >= 15 is 0 Å². The van der Waals surface area contributed by atoms with E-state index in [1.807, 2.05) is 0 Å². The van der Waals surface area contributed by atoms with Crippen LogP contribution >= 0.6 is 0 Å². The molecule has 0 unspecified atom stereocenters. The maximum Gasteiger partial charge on any atom is 0.243 e. The van der Waals surface area contributed by atoms with E-state index in [1.54, 1.807) is 16.8 Å². The number of sulfonamides is 1. The Balaban J connectivity index is 1.48. The van der Waals surface area contributed by atoms with Gasteiger partial charge in [-0.15, -0.1) is 0 Å². The third-order valence-corrected chi connectivity index (χ3v) is 6.68. The maximum atomic E-state index is 13.3. The van der Waals surface area contributed by atoms with Crippen LogP contribution in [0, 0.1) is 5.82 Å². The summed E-state index contributed by atoms with van der Waals surface area (Å²) in [5.74, 6) is -0.850. The number of hydrogen-bond donors (Lipinski definition) is 1. The Morgan fingerprint density at radius 1 is 1.18 bits per heavy atom. The van der Waals surface area contributed by atoms with Crippen LogP contribution in [0.5, 0.6) is 0 Å². The van der Waals surface area contributed by atoms with Gasteiger partial charge in [-0.2, -0.15) is 4.31 Å². The van der Waals surface area contributed by atoms with Gasteiger partial charge in [0.2, 0.25) is 21.8 Å². The minimum Gasteiger partial charge on any atom is -0.352 e. The largest absolute Gasteiger partial charge is 0.352 e. The number of amides is 2. The minimum absolute atomic E-state index is 0.0892. The van der Waals surface area contributed by atoms with Crippen molar-refractivity contribution >= 4 is 21.8 Å². The van der Waals surface area contributed by atoms with Crippen molar-refractivity contribution in [1.82, 2.24) is 19.4 Å². The van der Waals surface area contributed by atoms with Crippen molar-refractivity contribution in [2.45, 2.75) is 23.8 Å². The number of carbonyl (C=O) groups excluding carboxylic acids is 2. The van der Waals surface area contributed by atoms with Gasteiger partial charge in [0.25, 0.3) is 0 Å². The zero-order valence-corrected chi connectivity index (χ0v) is 16.6. The zero-order valence-electron chi connectivity index (χ0n) is 15.8. The van der Waals surface area contributed by atoms with E-state index < -0.39 is 15.8 Å². The average molecular weight is 412 g/mol. The smallest absolute Gasteiger partial charge is 0.243 e. The molecule has 0 atom stereocenters. The number of nitrogens with zero attached hydrogens (tertiary/aromatic N) is 3. The summed E-state index contributed by atoms with van der Waals surface area (Å²) in [6.07, 6.45) is 2.02. The van der Waals surface area contributed by atoms with Gasteiger partial charge in [-0.25, -0.2) is 12.8 Å². The van der Waals surface area contributed by atoms with Crippen molar-refractivity contribution in [3.63, 3.8) is 0 Å². The molecule has 28 heavy (non-hydrogen) atoms. The number of piperazine rings is 1. The highest BCUT2D eigenvalue weighted by molar-refractivity contribution is 7.89. The van der Waals surface area contributed by atoms with Crippen LogP contribution in [0.3, 0.4) is 0 Å². The monoisotopic (exact) mass is 412 g/mol. The fourth-order valence-electron chi connectivity index (χ4n) is 3.09. The van der Waals surface area contributed by atoms with E-state index in [-0.39, 0.29) is 62.0 Å². The summed E-state index contributed by atoms with van der Waals surface area (Å²) >= 11 is 0. The fourth-order valence-corrected chi connectivity index (χ4v) is 4.54.